The van der Waals surface area contributed by atoms with Gasteiger partial charge < -0.3 is 9.73 Å². The SMILES string of the molecule is CCc1ccc(/C=C2\SC(=NC(c3ccc(C)cc3)c3nn[nH]n3)NC2=O)o1. The molecule has 1 amide bonds. The Morgan fingerprint density at radius 2 is 2.07 bits per heavy atom. The number of nitrogens with one attached hydrogen (secondary N) is 2. The van der Waals surface area contributed by atoms with Crippen molar-refractivity contribution in [1.82, 2.24) is 25.9 Å². The molecule has 1 fully saturated rings. The number of H-pyrrole nitrogens is 1. The second kappa shape index (κ2) is 7.81. The summed E-state index contributed by atoms with van der Waals surface area (Å²) in [4.78, 5) is 17.5. The second-order valence-corrected chi connectivity index (χ2v) is 7.27. The van der Waals surface area contributed by atoms with Gasteiger partial charge in [-0.25, -0.2) is 4.99 Å². The van der Waals surface area contributed by atoms with E-state index in [2.05, 4.69) is 30.9 Å². The number of thioether (sulfide) groups is 1. The van der Waals surface area contributed by atoms with E-state index in [1.54, 1.807) is 6.08 Å². The zero-order chi connectivity index (χ0) is 19.5. The third-order valence-electron chi connectivity index (χ3n) is 4.20. The van der Waals surface area contributed by atoms with E-state index in [0.29, 0.717) is 21.7 Å². The highest BCUT2D eigenvalue weighted by Crippen LogP contribution is 2.30. The summed E-state index contributed by atoms with van der Waals surface area (Å²) in [5.41, 5.74) is 2.05. The number of carbonyl (C=O) groups excluding carboxylic acids is 1. The molecule has 3 heterocycles. The smallest absolute Gasteiger partial charge is 0.264 e. The molecular formula is C19H18N6O2S. The molecule has 142 valence electrons. The number of nitrogens with zero attached hydrogens (tertiary/aromatic N) is 4. The molecular weight excluding hydrogens is 376 g/mol. The summed E-state index contributed by atoms with van der Waals surface area (Å²) in [5.74, 6) is 1.74. The lowest BCUT2D eigenvalue weighted by molar-refractivity contribution is -0.115. The fourth-order valence-electron chi connectivity index (χ4n) is 2.71. The number of benzene rings is 1. The molecule has 1 unspecified atom stereocenters. The summed E-state index contributed by atoms with van der Waals surface area (Å²) in [7, 11) is 0. The van der Waals surface area contributed by atoms with E-state index >= 15 is 0 Å². The van der Waals surface area contributed by atoms with E-state index in [-0.39, 0.29) is 5.91 Å². The lowest BCUT2D eigenvalue weighted by atomic mass is 10.1. The Morgan fingerprint density at radius 1 is 1.25 bits per heavy atom. The number of furan rings is 1. The number of aromatic amines is 1. The van der Waals surface area contributed by atoms with Crippen LogP contribution >= 0.6 is 11.8 Å². The Morgan fingerprint density at radius 3 is 2.75 bits per heavy atom. The molecule has 1 aliphatic heterocycles. The minimum atomic E-state index is -0.475. The van der Waals surface area contributed by atoms with E-state index in [4.69, 9.17) is 4.42 Å². The molecule has 28 heavy (non-hydrogen) atoms. The molecule has 4 rings (SSSR count). The summed E-state index contributed by atoms with van der Waals surface area (Å²) in [6.45, 7) is 4.03. The number of tetrazole rings is 1. The summed E-state index contributed by atoms with van der Waals surface area (Å²) >= 11 is 1.26. The van der Waals surface area contributed by atoms with Crippen LogP contribution in [0, 0.1) is 6.92 Å². The molecule has 3 aromatic rings. The van der Waals surface area contributed by atoms with Crippen LogP contribution in [-0.2, 0) is 11.2 Å². The zero-order valence-electron chi connectivity index (χ0n) is 15.3. The van der Waals surface area contributed by atoms with Gasteiger partial charge in [-0.1, -0.05) is 42.0 Å². The molecule has 1 atom stereocenters. The monoisotopic (exact) mass is 394 g/mol. The number of amides is 1. The van der Waals surface area contributed by atoms with Gasteiger partial charge in [-0.2, -0.15) is 5.21 Å². The molecule has 1 aromatic carbocycles. The van der Waals surface area contributed by atoms with Gasteiger partial charge in [0.15, 0.2) is 5.17 Å². The first-order chi connectivity index (χ1) is 13.6. The van der Waals surface area contributed by atoms with Crippen molar-refractivity contribution in [2.75, 3.05) is 0 Å². The van der Waals surface area contributed by atoms with Gasteiger partial charge >= 0.3 is 0 Å². The third kappa shape index (κ3) is 3.89. The molecule has 9 heteroatoms. The van der Waals surface area contributed by atoms with E-state index in [9.17, 15) is 4.79 Å². The van der Waals surface area contributed by atoms with E-state index in [1.807, 2.05) is 50.2 Å². The van der Waals surface area contributed by atoms with Gasteiger partial charge in [0, 0.05) is 12.5 Å². The molecule has 2 aromatic heterocycles. The van der Waals surface area contributed by atoms with Crippen molar-refractivity contribution in [1.29, 1.82) is 0 Å². The number of hydrogen-bond acceptors (Lipinski definition) is 7. The maximum Gasteiger partial charge on any atom is 0.264 e. The van der Waals surface area contributed by atoms with Crippen LogP contribution in [0.1, 0.15) is 41.4 Å². The molecule has 0 bridgehead atoms. The minimum Gasteiger partial charge on any atom is -0.462 e. The molecule has 1 saturated heterocycles. The van der Waals surface area contributed by atoms with E-state index in [1.165, 1.54) is 11.8 Å². The lowest BCUT2D eigenvalue weighted by Gasteiger charge is -2.10. The number of carbonyl (C=O) groups is 1. The second-order valence-electron chi connectivity index (χ2n) is 6.24. The first-order valence-corrected chi connectivity index (χ1v) is 9.61. The van der Waals surface area contributed by atoms with Gasteiger partial charge in [0.1, 0.15) is 17.6 Å². The van der Waals surface area contributed by atoms with Gasteiger partial charge in [0.25, 0.3) is 5.91 Å². The number of aryl methyl sites for hydroxylation is 2. The van der Waals surface area contributed by atoms with Crippen molar-refractivity contribution in [3.63, 3.8) is 0 Å². The maximum atomic E-state index is 12.3. The maximum absolute atomic E-state index is 12.3. The predicted octanol–water partition coefficient (Wildman–Crippen LogP) is 3.01. The van der Waals surface area contributed by atoms with Crippen molar-refractivity contribution >= 4 is 28.9 Å². The van der Waals surface area contributed by atoms with Crippen molar-refractivity contribution in [3.05, 3.63) is 69.8 Å². The molecule has 0 radical (unpaired) electrons. The highest BCUT2D eigenvalue weighted by atomic mass is 32.2. The Bertz CT molecular complexity index is 1040. The molecule has 0 aliphatic carbocycles. The van der Waals surface area contributed by atoms with Crippen molar-refractivity contribution in [2.45, 2.75) is 26.3 Å². The normalized spacial score (nSPS) is 18.0. The standard InChI is InChI=1S/C19H18N6O2S/c1-3-13-8-9-14(27-13)10-15-18(26)21-19(28-15)20-16(17-22-24-25-23-17)12-6-4-11(2)5-7-12/h4-10,16H,3H2,1-2H3,(H,20,21,26)(H,22,23,24,25)/b15-10-. The summed E-state index contributed by atoms with van der Waals surface area (Å²) in [6, 6.07) is 11.2. The Labute approximate surface area is 165 Å². The topological polar surface area (TPSA) is 109 Å². The van der Waals surface area contributed by atoms with Crippen LogP contribution in [0.15, 0.2) is 50.7 Å². The molecule has 1 aliphatic rings. The predicted molar refractivity (Wildman–Crippen MR) is 106 cm³/mol. The molecule has 0 spiro atoms. The molecule has 0 saturated carbocycles. The van der Waals surface area contributed by atoms with Crippen molar-refractivity contribution < 1.29 is 9.21 Å². The van der Waals surface area contributed by atoms with Gasteiger partial charge in [-0.15, -0.1) is 10.2 Å². The summed E-state index contributed by atoms with van der Waals surface area (Å²) < 4.78 is 5.66. The Balaban J connectivity index is 1.62. The average molecular weight is 394 g/mol. The van der Waals surface area contributed by atoms with Gasteiger partial charge in [-0.3, -0.25) is 4.79 Å². The Kier molecular flexibility index (Phi) is 5.07. The van der Waals surface area contributed by atoms with Crippen molar-refractivity contribution in [2.24, 2.45) is 4.99 Å². The average Bonchev–Trinajstić information content (AvgIpc) is 3.43. The zero-order valence-corrected chi connectivity index (χ0v) is 16.2. The lowest BCUT2D eigenvalue weighted by Crippen LogP contribution is -2.20. The minimum absolute atomic E-state index is 0.214. The van der Waals surface area contributed by atoms with Crippen LogP contribution < -0.4 is 5.32 Å². The summed E-state index contributed by atoms with van der Waals surface area (Å²) in [5, 5.41) is 17.5. The van der Waals surface area contributed by atoms with Gasteiger partial charge in [0.05, 0.1) is 4.91 Å². The van der Waals surface area contributed by atoms with Gasteiger partial charge in [-0.05, 0) is 36.4 Å². The third-order valence-corrected chi connectivity index (χ3v) is 5.12. The molecule has 2 N–H and O–H groups in total. The number of amidine groups is 1. The quantitative estimate of drug-likeness (QED) is 0.644. The van der Waals surface area contributed by atoms with Crippen LogP contribution in [0.4, 0.5) is 0 Å². The summed E-state index contributed by atoms with van der Waals surface area (Å²) in [6.07, 6.45) is 2.52. The molecule has 8 nitrogen and oxygen atoms in total. The largest absolute Gasteiger partial charge is 0.462 e. The number of hydrogen-bond donors (Lipinski definition) is 2. The highest BCUT2D eigenvalue weighted by molar-refractivity contribution is 8.18. The van der Waals surface area contributed by atoms with Crippen LogP contribution in [0.3, 0.4) is 0 Å². The van der Waals surface area contributed by atoms with Crippen LogP contribution in [0.25, 0.3) is 6.08 Å². The van der Waals surface area contributed by atoms with Crippen molar-refractivity contribution in [3.8, 4) is 0 Å². The van der Waals surface area contributed by atoms with Crippen LogP contribution in [-0.4, -0.2) is 31.7 Å². The fourth-order valence-corrected chi connectivity index (χ4v) is 3.54. The first-order valence-electron chi connectivity index (χ1n) is 8.79. The number of rotatable bonds is 5. The van der Waals surface area contributed by atoms with E-state index < -0.39 is 6.04 Å². The highest BCUT2D eigenvalue weighted by Gasteiger charge is 2.27. The fraction of sp³-hybridized carbons (Fsp3) is 0.211. The van der Waals surface area contributed by atoms with Crippen LogP contribution in [0.5, 0.6) is 0 Å². The van der Waals surface area contributed by atoms with E-state index in [0.717, 1.165) is 23.3 Å². The number of aromatic nitrogens is 4. The Hall–Kier alpha value is -3.20. The number of aliphatic imine (C=N–C) groups is 1. The van der Waals surface area contributed by atoms with Crippen LogP contribution in [0.2, 0.25) is 0 Å². The van der Waals surface area contributed by atoms with Gasteiger partial charge in [0.2, 0.25) is 5.82 Å². The first kappa shape index (κ1) is 18.2.